The largest absolute Gasteiger partial charge is 0.508 e. The number of hydrogen-bond acceptors (Lipinski definition) is 3. The molecule has 0 saturated heterocycles. The Bertz CT molecular complexity index is 711. The van der Waals surface area contributed by atoms with E-state index in [1.165, 1.54) is 11.1 Å². The van der Waals surface area contributed by atoms with E-state index in [-0.39, 0.29) is 5.97 Å². The van der Waals surface area contributed by atoms with Crippen molar-refractivity contribution in [1.29, 1.82) is 0 Å². The molecule has 0 aliphatic carbocycles. The van der Waals surface area contributed by atoms with Gasteiger partial charge >= 0.3 is 5.97 Å². The van der Waals surface area contributed by atoms with E-state index in [0.29, 0.717) is 12.4 Å². The van der Waals surface area contributed by atoms with Gasteiger partial charge in [-0.3, -0.25) is 0 Å². The highest BCUT2D eigenvalue weighted by atomic mass is 16.5. The summed E-state index contributed by atoms with van der Waals surface area (Å²) < 4.78 is 4.43. The van der Waals surface area contributed by atoms with Crippen LogP contribution in [0, 0.1) is 0 Å². The molecule has 3 nitrogen and oxygen atoms in total. The molecule has 25 heavy (non-hydrogen) atoms. The first-order valence-electron chi connectivity index (χ1n) is 8.05. The summed E-state index contributed by atoms with van der Waals surface area (Å²) in [6.45, 7) is 7.47. The zero-order chi connectivity index (χ0) is 18.5. The minimum Gasteiger partial charge on any atom is -0.508 e. The maximum absolute atomic E-state index is 10.1. The number of carbonyl (C=O) groups is 1. The number of aromatic hydroxyl groups is 1. The lowest BCUT2D eigenvalue weighted by molar-refractivity contribution is -0.137. The predicted octanol–water partition coefficient (Wildman–Crippen LogP) is 5.24. The molecule has 0 unspecified atom stereocenters. The Labute approximate surface area is 149 Å². The molecule has 0 saturated carbocycles. The lowest BCUT2D eigenvalue weighted by Crippen LogP contribution is -1.97. The van der Waals surface area contributed by atoms with Gasteiger partial charge in [-0.2, -0.15) is 0 Å². The van der Waals surface area contributed by atoms with E-state index >= 15 is 0 Å². The SMILES string of the molecule is C=CC(=O)OCC.CC(=CC=Cc1ccc(O)cc1)c1ccccc1. The molecular weight excluding hydrogens is 312 g/mol. The summed E-state index contributed by atoms with van der Waals surface area (Å²) in [6, 6.07) is 17.4. The molecule has 0 aromatic heterocycles. The molecule has 0 spiro atoms. The topological polar surface area (TPSA) is 46.5 Å². The maximum atomic E-state index is 10.1. The number of hydrogen-bond donors (Lipinski definition) is 1. The molecule has 3 heteroatoms. The van der Waals surface area contributed by atoms with Gasteiger partial charge in [0.1, 0.15) is 5.75 Å². The predicted molar refractivity (Wildman–Crippen MR) is 104 cm³/mol. The first-order valence-corrected chi connectivity index (χ1v) is 8.05. The molecule has 2 aromatic rings. The molecule has 0 amide bonds. The van der Waals surface area contributed by atoms with Gasteiger partial charge in [0, 0.05) is 6.08 Å². The van der Waals surface area contributed by atoms with Gasteiger partial charge in [0.25, 0.3) is 0 Å². The highest BCUT2D eigenvalue weighted by molar-refractivity contribution is 5.81. The van der Waals surface area contributed by atoms with Gasteiger partial charge in [0.05, 0.1) is 6.61 Å². The van der Waals surface area contributed by atoms with Gasteiger partial charge < -0.3 is 9.84 Å². The van der Waals surface area contributed by atoms with Crippen molar-refractivity contribution < 1.29 is 14.6 Å². The maximum Gasteiger partial charge on any atom is 0.330 e. The Morgan fingerprint density at radius 1 is 1.12 bits per heavy atom. The highest BCUT2D eigenvalue weighted by Gasteiger charge is 1.91. The lowest BCUT2D eigenvalue weighted by Gasteiger charge is -1.98. The zero-order valence-electron chi connectivity index (χ0n) is 14.7. The van der Waals surface area contributed by atoms with Gasteiger partial charge in [-0.1, -0.05) is 67.3 Å². The second-order valence-corrected chi connectivity index (χ2v) is 5.12. The van der Waals surface area contributed by atoms with Crippen molar-refractivity contribution in [1.82, 2.24) is 0 Å². The van der Waals surface area contributed by atoms with Crippen LogP contribution >= 0.6 is 0 Å². The number of esters is 1. The fourth-order valence-electron chi connectivity index (χ4n) is 1.89. The van der Waals surface area contributed by atoms with Crippen molar-refractivity contribution in [3.63, 3.8) is 0 Å². The first kappa shape index (κ1) is 20.0. The van der Waals surface area contributed by atoms with Crippen molar-refractivity contribution in [2.45, 2.75) is 13.8 Å². The second kappa shape index (κ2) is 11.5. The van der Waals surface area contributed by atoms with Crippen LogP contribution in [0.2, 0.25) is 0 Å². The Morgan fingerprint density at radius 2 is 1.76 bits per heavy atom. The summed E-state index contributed by atoms with van der Waals surface area (Å²) >= 11 is 0. The molecule has 130 valence electrons. The summed E-state index contributed by atoms with van der Waals surface area (Å²) in [6.07, 6.45) is 7.27. The van der Waals surface area contributed by atoms with Crippen LogP contribution in [0.1, 0.15) is 25.0 Å². The Hall–Kier alpha value is -3.07. The Balaban J connectivity index is 0.000000381. The number of ether oxygens (including phenoxy) is 1. The van der Waals surface area contributed by atoms with Crippen LogP contribution in [-0.4, -0.2) is 17.7 Å². The van der Waals surface area contributed by atoms with Crippen molar-refractivity contribution in [3.8, 4) is 5.75 Å². The number of carbonyl (C=O) groups excluding carboxylic acids is 1. The average molecular weight is 336 g/mol. The number of allylic oxidation sites excluding steroid dienone is 3. The molecule has 0 aliphatic rings. The monoisotopic (exact) mass is 336 g/mol. The minimum atomic E-state index is -0.359. The van der Waals surface area contributed by atoms with E-state index in [9.17, 15) is 9.90 Å². The van der Waals surface area contributed by atoms with Crippen molar-refractivity contribution >= 4 is 17.6 Å². The smallest absolute Gasteiger partial charge is 0.330 e. The van der Waals surface area contributed by atoms with Gasteiger partial charge in [0.2, 0.25) is 0 Å². The highest BCUT2D eigenvalue weighted by Crippen LogP contribution is 2.14. The molecule has 1 N–H and O–H groups in total. The zero-order valence-corrected chi connectivity index (χ0v) is 14.7. The summed E-state index contributed by atoms with van der Waals surface area (Å²) in [5, 5.41) is 9.18. The second-order valence-electron chi connectivity index (χ2n) is 5.12. The number of benzene rings is 2. The number of rotatable bonds is 5. The molecular formula is C22H24O3. The average Bonchev–Trinajstić information content (AvgIpc) is 2.64. The molecule has 0 atom stereocenters. The summed E-state index contributed by atoms with van der Waals surface area (Å²) in [4.78, 5) is 10.1. The van der Waals surface area contributed by atoms with Crippen LogP contribution in [-0.2, 0) is 9.53 Å². The lowest BCUT2D eigenvalue weighted by atomic mass is 10.1. The van der Waals surface area contributed by atoms with Crippen LogP contribution in [0.5, 0.6) is 5.75 Å². The summed E-state index contributed by atoms with van der Waals surface area (Å²) in [5.74, 6) is -0.0642. The minimum absolute atomic E-state index is 0.295. The Morgan fingerprint density at radius 3 is 2.28 bits per heavy atom. The van der Waals surface area contributed by atoms with E-state index in [1.54, 1.807) is 19.1 Å². The molecule has 2 aromatic carbocycles. The molecule has 0 bridgehead atoms. The quantitative estimate of drug-likeness (QED) is 0.461. The van der Waals surface area contributed by atoms with Crippen molar-refractivity contribution in [3.05, 3.63) is 90.5 Å². The molecule has 2 rings (SSSR count). The summed E-state index contributed by atoms with van der Waals surface area (Å²) in [7, 11) is 0. The van der Waals surface area contributed by atoms with Crippen molar-refractivity contribution in [2.75, 3.05) is 6.61 Å². The van der Waals surface area contributed by atoms with Crippen LogP contribution in [0.15, 0.2) is 79.4 Å². The fourth-order valence-corrected chi connectivity index (χ4v) is 1.89. The Kier molecular flexibility index (Phi) is 9.16. The van der Waals surface area contributed by atoms with Crippen molar-refractivity contribution in [2.24, 2.45) is 0 Å². The third-order valence-corrected chi connectivity index (χ3v) is 3.21. The molecule has 0 radical (unpaired) electrons. The van der Waals surface area contributed by atoms with E-state index < -0.39 is 0 Å². The fraction of sp³-hybridized carbons (Fsp3) is 0.136. The molecule has 0 heterocycles. The number of phenols is 1. The third kappa shape index (κ3) is 8.37. The third-order valence-electron chi connectivity index (χ3n) is 3.21. The molecule has 0 aliphatic heterocycles. The van der Waals surface area contributed by atoms with Gasteiger partial charge in [-0.15, -0.1) is 0 Å². The van der Waals surface area contributed by atoms with Gasteiger partial charge in [-0.25, -0.2) is 4.79 Å². The number of phenolic OH excluding ortho intramolecular Hbond substituents is 1. The van der Waals surface area contributed by atoms with Crippen LogP contribution in [0.25, 0.3) is 11.6 Å². The van der Waals surface area contributed by atoms with E-state index in [1.807, 2.05) is 42.5 Å². The summed E-state index contributed by atoms with van der Waals surface area (Å²) in [5.41, 5.74) is 3.53. The molecule has 0 fully saturated rings. The van der Waals surface area contributed by atoms with Gasteiger partial charge in [-0.05, 0) is 42.7 Å². The van der Waals surface area contributed by atoms with Crippen LogP contribution < -0.4 is 0 Å². The van der Waals surface area contributed by atoms with E-state index in [4.69, 9.17) is 0 Å². The normalized spacial score (nSPS) is 10.7. The standard InChI is InChI=1S/C17H16O.C5H8O2/c1-14(16-8-3-2-4-9-16)6-5-7-15-10-12-17(18)13-11-15;1-3-5(6)7-4-2/h2-13,18H,1H3;3H,1,4H2,2H3. The first-order chi connectivity index (χ1) is 12.1. The van der Waals surface area contributed by atoms with E-state index in [0.717, 1.165) is 11.6 Å². The van der Waals surface area contributed by atoms with Crippen LogP contribution in [0.3, 0.4) is 0 Å². The van der Waals surface area contributed by atoms with E-state index in [2.05, 4.69) is 36.4 Å². The van der Waals surface area contributed by atoms with Crippen LogP contribution in [0.4, 0.5) is 0 Å². The van der Waals surface area contributed by atoms with Gasteiger partial charge in [0.15, 0.2) is 0 Å².